The molecule has 3 aliphatic rings. The summed E-state index contributed by atoms with van der Waals surface area (Å²) in [4.78, 5) is 0. The van der Waals surface area contributed by atoms with Gasteiger partial charge in [-0.2, -0.15) is 0 Å². The molecule has 2 aliphatic carbocycles. The summed E-state index contributed by atoms with van der Waals surface area (Å²) in [5.74, 6) is 1.87. The van der Waals surface area contributed by atoms with Crippen LogP contribution in [0, 0.1) is 11.8 Å². The molecule has 1 fully saturated rings. The molecule has 1 heterocycles. The van der Waals surface area contributed by atoms with Crippen LogP contribution in [0.2, 0.25) is 0 Å². The van der Waals surface area contributed by atoms with Crippen LogP contribution >= 0.6 is 0 Å². The SMILES string of the molecule is NC1=C([C@@H](N)C2CC=CCC2)OC2CCCCC12. The third-order valence-electron chi connectivity index (χ3n) is 4.79. The normalized spacial score (nSPS) is 37.3. The van der Waals surface area contributed by atoms with Crippen molar-refractivity contribution in [2.75, 3.05) is 0 Å². The van der Waals surface area contributed by atoms with E-state index < -0.39 is 0 Å². The Bertz CT molecular complexity index is 375. The first-order valence-electron chi connectivity index (χ1n) is 7.34. The summed E-state index contributed by atoms with van der Waals surface area (Å²) in [5.41, 5.74) is 13.7. The minimum Gasteiger partial charge on any atom is -0.491 e. The van der Waals surface area contributed by atoms with E-state index in [2.05, 4.69) is 12.2 Å². The molecule has 0 spiro atoms. The van der Waals surface area contributed by atoms with Crippen LogP contribution in [0.3, 0.4) is 0 Å². The molecule has 0 aromatic rings. The van der Waals surface area contributed by atoms with E-state index in [1.807, 2.05) is 0 Å². The quantitative estimate of drug-likeness (QED) is 0.738. The highest BCUT2D eigenvalue weighted by atomic mass is 16.5. The van der Waals surface area contributed by atoms with Crippen molar-refractivity contribution in [2.45, 2.75) is 57.1 Å². The van der Waals surface area contributed by atoms with E-state index in [0.717, 1.165) is 37.1 Å². The summed E-state index contributed by atoms with van der Waals surface area (Å²) in [6.45, 7) is 0. The van der Waals surface area contributed by atoms with E-state index in [4.69, 9.17) is 16.2 Å². The minimum absolute atomic E-state index is 0.000509. The maximum atomic E-state index is 6.40. The first-order chi connectivity index (χ1) is 8.77. The van der Waals surface area contributed by atoms with Crippen molar-refractivity contribution in [3.8, 4) is 0 Å². The van der Waals surface area contributed by atoms with Crippen molar-refractivity contribution in [1.82, 2.24) is 0 Å². The lowest BCUT2D eigenvalue weighted by molar-refractivity contribution is 0.0688. The molecular formula is C15H24N2O. The number of nitrogens with two attached hydrogens (primary N) is 2. The van der Waals surface area contributed by atoms with Crippen molar-refractivity contribution < 1.29 is 4.74 Å². The van der Waals surface area contributed by atoms with Crippen LogP contribution in [0.25, 0.3) is 0 Å². The first kappa shape index (κ1) is 12.1. The van der Waals surface area contributed by atoms with E-state index >= 15 is 0 Å². The van der Waals surface area contributed by atoms with Crippen LogP contribution in [0.5, 0.6) is 0 Å². The van der Waals surface area contributed by atoms with Crippen molar-refractivity contribution in [3.63, 3.8) is 0 Å². The van der Waals surface area contributed by atoms with E-state index in [1.165, 1.54) is 19.3 Å². The van der Waals surface area contributed by atoms with E-state index in [-0.39, 0.29) is 6.04 Å². The Morgan fingerprint density at radius 1 is 1.17 bits per heavy atom. The number of hydrogen-bond donors (Lipinski definition) is 2. The fourth-order valence-electron chi connectivity index (χ4n) is 3.64. The minimum atomic E-state index is 0.000509. The fourth-order valence-corrected chi connectivity index (χ4v) is 3.64. The predicted molar refractivity (Wildman–Crippen MR) is 72.5 cm³/mol. The maximum Gasteiger partial charge on any atom is 0.132 e. The highest BCUT2D eigenvalue weighted by Gasteiger charge is 2.40. The molecule has 3 heteroatoms. The fraction of sp³-hybridized carbons (Fsp3) is 0.733. The van der Waals surface area contributed by atoms with Crippen LogP contribution < -0.4 is 11.5 Å². The Kier molecular flexibility index (Phi) is 3.33. The van der Waals surface area contributed by atoms with Gasteiger partial charge in [-0.05, 0) is 44.4 Å². The highest BCUT2D eigenvalue weighted by Crippen LogP contribution is 2.40. The van der Waals surface area contributed by atoms with E-state index in [9.17, 15) is 0 Å². The maximum absolute atomic E-state index is 6.40. The van der Waals surface area contributed by atoms with Gasteiger partial charge in [0.1, 0.15) is 11.9 Å². The summed E-state index contributed by atoms with van der Waals surface area (Å²) >= 11 is 0. The van der Waals surface area contributed by atoms with Crippen molar-refractivity contribution >= 4 is 0 Å². The third-order valence-corrected chi connectivity index (χ3v) is 4.79. The van der Waals surface area contributed by atoms with Gasteiger partial charge in [-0.25, -0.2) is 0 Å². The van der Waals surface area contributed by atoms with Crippen LogP contribution in [0.15, 0.2) is 23.6 Å². The molecule has 3 unspecified atom stereocenters. The summed E-state index contributed by atoms with van der Waals surface area (Å²) in [6, 6.07) is 0.000509. The predicted octanol–water partition coefficient (Wildman–Crippen LogP) is 2.43. The van der Waals surface area contributed by atoms with Gasteiger partial charge in [0.25, 0.3) is 0 Å². The topological polar surface area (TPSA) is 61.3 Å². The molecule has 3 rings (SSSR count). The van der Waals surface area contributed by atoms with Crippen molar-refractivity contribution in [1.29, 1.82) is 0 Å². The number of allylic oxidation sites excluding steroid dienone is 2. The Morgan fingerprint density at radius 2 is 2.00 bits per heavy atom. The molecule has 0 radical (unpaired) electrons. The van der Waals surface area contributed by atoms with Crippen LogP contribution in [-0.2, 0) is 4.74 Å². The monoisotopic (exact) mass is 248 g/mol. The second kappa shape index (κ2) is 4.96. The zero-order valence-corrected chi connectivity index (χ0v) is 11.0. The molecule has 1 saturated carbocycles. The largest absolute Gasteiger partial charge is 0.491 e. The van der Waals surface area contributed by atoms with Crippen LogP contribution in [-0.4, -0.2) is 12.1 Å². The molecule has 0 amide bonds. The van der Waals surface area contributed by atoms with Gasteiger partial charge >= 0.3 is 0 Å². The van der Waals surface area contributed by atoms with Gasteiger partial charge in [-0.3, -0.25) is 0 Å². The van der Waals surface area contributed by atoms with Gasteiger partial charge in [0, 0.05) is 5.92 Å². The van der Waals surface area contributed by atoms with E-state index in [0.29, 0.717) is 17.9 Å². The summed E-state index contributed by atoms with van der Waals surface area (Å²) in [6.07, 6.45) is 13.0. The molecule has 100 valence electrons. The molecule has 4 atom stereocenters. The molecule has 4 N–H and O–H groups in total. The summed E-state index contributed by atoms with van der Waals surface area (Å²) in [7, 11) is 0. The Hall–Kier alpha value is -0.960. The average molecular weight is 248 g/mol. The number of rotatable bonds is 2. The molecule has 3 nitrogen and oxygen atoms in total. The van der Waals surface area contributed by atoms with Crippen molar-refractivity contribution in [2.24, 2.45) is 23.3 Å². The highest BCUT2D eigenvalue weighted by molar-refractivity contribution is 5.22. The smallest absolute Gasteiger partial charge is 0.132 e. The lowest BCUT2D eigenvalue weighted by atomic mass is 9.83. The first-order valence-corrected chi connectivity index (χ1v) is 7.34. The second-order valence-corrected chi connectivity index (χ2v) is 5.94. The number of hydrogen-bond acceptors (Lipinski definition) is 3. The van der Waals surface area contributed by atoms with Crippen LogP contribution in [0.1, 0.15) is 44.9 Å². The molecule has 18 heavy (non-hydrogen) atoms. The Balaban J connectivity index is 1.74. The molecule has 1 aliphatic heterocycles. The standard InChI is InChI=1S/C15H24N2O/c16-13(10-6-2-1-3-7-10)15-14(17)11-8-4-5-9-12(11)18-15/h1-2,10-13H,3-9,16-17H2/t10?,11?,12?,13-/m0/s1. The third kappa shape index (κ3) is 2.05. The number of fused-ring (bicyclic) bond motifs is 1. The van der Waals surface area contributed by atoms with Crippen molar-refractivity contribution in [3.05, 3.63) is 23.6 Å². The van der Waals surface area contributed by atoms with Gasteiger partial charge in [-0.15, -0.1) is 0 Å². The molecule has 0 saturated heterocycles. The second-order valence-electron chi connectivity index (χ2n) is 5.94. The molecule has 0 aromatic heterocycles. The lowest BCUT2D eigenvalue weighted by Gasteiger charge is -2.27. The van der Waals surface area contributed by atoms with E-state index in [1.54, 1.807) is 0 Å². The Morgan fingerprint density at radius 3 is 2.72 bits per heavy atom. The molecular weight excluding hydrogens is 224 g/mol. The van der Waals surface area contributed by atoms with Crippen LogP contribution in [0.4, 0.5) is 0 Å². The molecule has 0 aromatic carbocycles. The average Bonchev–Trinajstić information content (AvgIpc) is 2.77. The Labute approximate surface area is 109 Å². The number of ether oxygens (including phenoxy) is 1. The summed E-state index contributed by atoms with van der Waals surface area (Å²) in [5, 5.41) is 0. The zero-order chi connectivity index (χ0) is 12.5. The van der Waals surface area contributed by atoms with Gasteiger partial charge in [0.2, 0.25) is 0 Å². The van der Waals surface area contributed by atoms with Gasteiger partial charge < -0.3 is 16.2 Å². The lowest BCUT2D eigenvalue weighted by Crippen LogP contribution is -2.34. The van der Waals surface area contributed by atoms with Gasteiger partial charge in [0.05, 0.1) is 11.7 Å². The van der Waals surface area contributed by atoms with Gasteiger partial charge in [0.15, 0.2) is 0 Å². The molecule has 0 bridgehead atoms. The summed E-state index contributed by atoms with van der Waals surface area (Å²) < 4.78 is 6.10. The van der Waals surface area contributed by atoms with Gasteiger partial charge in [-0.1, -0.05) is 18.6 Å². The zero-order valence-electron chi connectivity index (χ0n) is 11.0.